The van der Waals surface area contributed by atoms with Crippen LogP contribution in [0.25, 0.3) is 0 Å². The summed E-state index contributed by atoms with van der Waals surface area (Å²) in [4.78, 5) is 0.904. The number of halogens is 2. The molecule has 0 aliphatic heterocycles. The lowest BCUT2D eigenvalue weighted by Gasteiger charge is -2.07. The van der Waals surface area contributed by atoms with E-state index in [-0.39, 0.29) is 15.9 Å². The van der Waals surface area contributed by atoms with Gasteiger partial charge in [-0.2, -0.15) is 0 Å². The number of benzene rings is 1. The fraction of sp³-hybridized carbons (Fsp3) is 0.231. The van der Waals surface area contributed by atoms with Gasteiger partial charge in [0.15, 0.2) is 0 Å². The first kappa shape index (κ1) is 15.6. The van der Waals surface area contributed by atoms with Crippen LogP contribution in [-0.2, 0) is 23.0 Å². The second-order valence-electron chi connectivity index (χ2n) is 4.12. The van der Waals surface area contributed by atoms with Crippen LogP contribution >= 0.6 is 27.3 Å². The molecule has 1 N–H and O–H groups in total. The van der Waals surface area contributed by atoms with Crippen molar-refractivity contribution in [3.63, 3.8) is 0 Å². The molecule has 0 unspecified atom stereocenters. The van der Waals surface area contributed by atoms with Crippen molar-refractivity contribution >= 4 is 37.3 Å². The predicted molar refractivity (Wildman–Crippen MR) is 81.8 cm³/mol. The Morgan fingerprint density at radius 1 is 1.35 bits per heavy atom. The number of aryl methyl sites for hydroxylation is 1. The molecular weight excluding hydrogens is 365 g/mol. The summed E-state index contributed by atoms with van der Waals surface area (Å²) in [6, 6.07) is 5.73. The molecule has 0 aliphatic carbocycles. The topological polar surface area (TPSA) is 46.2 Å². The minimum atomic E-state index is -3.70. The fourth-order valence-electron chi connectivity index (χ4n) is 1.73. The van der Waals surface area contributed by atoms with E-state index in [0.29, 0.717) is 0 Å². The Bertz CT molecular complexity index is 713. The van der Waals surface area contributed by atoms with Crippen LogP contribution in [-0.4, -0.2) is 8.42 Å². The monoisotopic (exact) mass is 377 g/mol. The van der Waals surface area contributed by atoms with Crippen molar-refractivity contribution in [2.24, 2.45) is 0 Å². The third kappa shape index (κ3) is 3.46. The molecule has 3 nitrogen and oxygen atoms in total. The number of rotatable bonds is 5. The quantitative estimate of drug-likeness (QED) is 0.863. The molecule has 0 atom stereocenters. The maximum absolute atomic E-state index is 13.4. The van der Waals surface area contributed by atoms with Gasteiger partial charge in [0.1, 0.15) is 5.82 Å². The van der Waals surface area contributed by atoms with Gasteiger partial charge in [-0.15, -0.1) is 11.3 Å². The first-order chi connectivity index (χ1) is 9.44. The summed E-state index contributed by atoms with van der Waals surface area (Å²) in [5.41, 5.74) is 1.12. The average Bonchev–Trinajstić information content (AvgIpc) is 2.87. The van der Waals surface area contributed by atoms with Crippen LogP contribution in [0.15, 0.2) is 39.0 Å². The minimum absolute atomic E-state index is 0.0761. The molecule has 0 amide bonds. The summed E-state index contributed by atoms with van der Waals surface area (Å²) < 4.78 is 40.3. The SMILES string of the molecule is CCc1ccsc1CNS(=O)(=O)c1ccc(Br)c(F)c1. The Hall–Kier alpha value is -0.760. The number of nitrogens with one attached hydrogen (secondary N) is 1. The van der Waals surface area contributed by atoms with Gasteiger partial charge in [0.25, 0.3) is 0 Å². The van der Waals surface area contributed by atoms with E-state index < -0.39 is 15.8 Å². The third-order valence-corrected chi connectivity index (χ3v) is 5.85. The van der Waals surface area contributed by atoms with Gasteiger partial charge in [0.2, 0.25) is 10.0 Å². The Labute approximate surface area is 130 Å². The molecule has 108 valence electrons. The van der Waals surface area contributed by atoms with Crippen LogP contribution in [0.5, 0.6) is 0 Å². The Morgan fingerprint density at radius 2 is 2.10 bits per heavy atom. The van der Waals surface area contributed by atoms with Gasteiger partial charge in [0.05, 0.1) is 9.37 Å². The van der Waals surface area contributed by atoms with Crippen molar-refractivity contribution < 1.29 is 12.8 Å². The molecule has 0 bridgehead atoms. The molecule has 0 spiro atoms. The van der Waals surface area contributed by atoms with Crippen molar-refractivity contribution in [3.05, 3.63) is 50.4 Å². The lowest BCUT2D eigenvalue weighted by atomic mass is 10.2. The van der Waals surface area contributed by atoms with Crippen LogP contribution in [0.2, 0.25) is 0 Å². The summed E-state index contributed by atoms with van der Waals surface area (Å²) in [6.45, 7) is 2.24. The maximum Gasteiger partial charge on any atom is 0.241 e. The normalized spacial score (nSPS) is 11.8. The summed E-state index contributed by atoms with van der Waals surface area (Å²) in [6.07, 6.45) is 0.855. The molecule has 1 aromatic carbocycles. The van der Waals surface area contributed by atoms with Crippen molar-refractivity contribution in [3.8, 4) is 0 Å². The van der Waals surface area contributed by atoms with Gasteiger partial charge in [0, 0.05) is 11.4 Å². The highest BCUT2D eigenvalue weighted by molar-refractivity contribution is 9.10. The molecule has 2 aromatic rings. The highest BCUT2D eigenvalue weighted by Gasteiger charge is 2.16. The first-order valence-electron chi connectivity index (χ1n) is 5.94. The van der Waals surface area contributed by atoms with Gasteiger partial charge < -0.3 is 0 Å². The molecule has 1 heterocycles. The number of hydrogen-bond acceptors (Lipinski definition) is 3. The molecule has 20 heavy (non-hydrogen) atoms. The molecule has 0 saturated heterocycles. The zero-order valence-corrected chi connectivity index (χ0v) is 13.9. The van der Waals surface area contributed by atoms with E-state index in [2.05, 4.69) is 20.7 Å². The summed E-state index contributed by atoms with van der Waals surface area (Å²) >= 11 is 4.50. The summed E-state index contributed by atoms with van der Waals surface area (Å²) in [5, 5.41) is 1.93. The van der Waals surface area contributed by atoms with Gasteiger partial charge in [-0.05, 0) is 57.6 Å². The Kier molecular flexibility index (Phi) is 4.95. The molecule has 7 heteroatoms. The van der Waals surface area contributed by atoms with E-state index in [4.69, 9.17) is 0 Å². The number of hydrogen-bond donors (Lipinski definition) is 1. The van der Waals surface area contributed by atoms with E-state index >= 15 is 0 Å². The second-order valence-corrected chi connectivity index (χ2v) is 7.74. The molecule has 0 radical (unpaired) electrons. The van der Waals surface area contributed by atoms with E-state index in [9.17, 15) is 12.8 Å². The van der Waals surface area contributed by atoms with Crippen LogP contribution in [0, 0.1) is 5.82 Å². The van der Waals surface area contributed by atoms with E-state index in [0.717, 1.165) is 22.9 Å². The van der Waals surface area contributed by atoms with Crippen LogP contribution in [0.4, 0.5) is 4.39 Å². The lowest BCUT2D eigenvalue weighted by Crippen LogP contribution is -2.23. The maximum atomic E-state index is 13.4. The molecule has 2 rings (SSSR count). The Morgan fingerprint density at radius 3 is 2.75 bits per heavy atom. The van der Waals surface area contributed by atoms with Gasteiger partial charge >= 0.3 is 0 Å². The van der Waals surface area contributed by atoms with Crippen molar-refractivity contribution in [1.82, 2.24) is 4.72 Å². The van der Waals surface area contributed by atoms with Crippen LogP contribution < -0.4 is 4.72 Å². The second kappa shape index (κ2) is 6.34. The molecule has 1 aromatic heterocycles. The van der Waals surface area contributed by atoms with E-state index in [1.807, 2.05) is 18.4 Å². The minimum Gasteiger partial charge on any atom is -0.207 e. The van der Waals surface area contributed by atoms with Crippen LogP contribution in [0.1, 0.15) is 17.4 Å². The summed E-state index contributed by atoms with van der Waals surface area (Å²) in [5.74, 6) is -0.599. The van der Waals surface area contributed by atoms with Crippen molar-refractivity contribution in [1.29, 1.82) is 0 Å². The van der Waals surface area contributed by atoms with Crippen molar-refractivity contribution in [2.45, 2.75) is 24.8 Å². The van der Waals surface area contributed by atoms with E-state index in [1.54, 1.807) is 0 Å². The third-order valence-electron chi connectivity index (χ3n) is 2.84. The first-order valence-corrected chi connectivity index (χ1v) is 9.09. The summed E-state index contributed by atoms with van der Waals surface area (Å²) in [7, 11) is -3.70. The highest BCUT2D eigenvalue weighted by atomic mass is 79.9. The van der Waals surface area contributed by atoms with Gasteiger partial charge in [-0.3, -0.25) is 0 Å². The zero-order chi connectivity index (χ0) is 14.8. The largest absolute Gasteiger partial charge is 0.241 e. The van der Waals surface area contributed by atoms with Gasteiger partial charge in [-0.1, -0.05) is 6.92 Å². The lowest BCUT2D eigenvalue weighted by molar-refractivity contribution is 0.577. The average molecular weight is 378 g/mol. The van der Waals surface area contributed by atoms with Gasteiger partial charge in [-0.25, -0.2) is 17.5 Å². The fourth-order valence-corrected chi connectivity index (χ4v) is 3.99. The highest BCUT2D eigenvalue weighted by Crippen LogP contribution is 2.21. The predicted octanol–water partition coefficient (Wildman–Crippen LogP) is 3.69. The van der Waals surface area contributed by atoms with Crippen LogP contribution in [0.3, 0.4) is 0 Å². The molecular formula is C13H13BrFNO2S2. The Balaban J connectivity index is 2.17. The van der Waals surface area contributed by atoms with Crippen molar-refractivity contribution in [2.75, 3.05) is 0 Å². The number of thiophene rings is 1. The standard InChI is InChI=1S/C13H13BrFNO2S2/c1-2-9-5-6-19-13(9)8-16-20(17,18)10-3-4-11(14)12(15)7-10/h3-7,16H,2,8H2,1H3. The molecule has 0 fully saturated rings. The molecule has 0 aliphatic rings. The smallest absolute Gasteiger partial charge is 0.207 e. The number of sulfonamides is 1. The zero-order valence-electron chi connectivity index (χ0n) is 10.7. The van der Waals surface area contributed by atoms with E-state index in [1.165, 1.54) is 23.5 Å². The molecule has 0 saturated carbocycles.